The second kappa shape index (κ2) is 13.9. The third kappa shape index (κ3) is 8.87. The first-order valence-electron chi connectivity index (χ1n) is 13.6. The van der Waals surface area contributed by atoms with Crippen molar-refractivity contribution < 1.29 is 9.59 Å². The topological polar surface area (TPSA) is 34.1 Å². The summed E-state index contributed by atoms with van der Waals surface area (Å²) in [6.07, 6.45) is 13.7. The van der Waals surface area contributed by atoms with Crippen LogP contribution in [-0.4, -0.2) is 11.6 Å². The van der Waals surface area contributed by atoms with Gasteiger partial charge in [-0.1, -0.05) is 117 Å². The number of fused-ring (bicyclic) bond motifs is 1. The number of hydrogen-bond donors (Lipinski definition) is 0. The smallest absolute Gasteiger partial charge is 0.190 e. The summed E-state index contributed by atoms with van der Waals surface area (Å²) >= 11 is 0. The van der Waals surface area contributed by atoms with Crippen molar-refractivity contribution in [2.75, 3.05) is 0 Å². The van der Waals surface area contributed by atoms with Gasteiger partial charge >= 0.3 is 0 Å². The van der Waals surface area contributed by atoms with Gasteiger partial charge in [0.2, 0.25) is 0 Å². The minimum Gasteiger partial charge on any atom is -0.289 e. The van der Waals surface area contributed by atoms with Crippen LogP contribution < -0.4 is 0 Å². The van der Waals surface area contributed by atoms with Gasteiger partial charge in [-0.05, 0) is 43.4 Å². The fourth-order valence-corrected chi connectivity index (χ4v) is 5.18. The molecular formula is C31H48O2. The maximum absolute atomic E-state index is 12.9. The molecule has 0 aromatic heterocycles. The molecule has 0 spiro atoms. The molecule has 0 bridgehead atoms. The Morgan fingerprint density at radius 2 is 1.03 bits per heavy atom. The molecule has 1 aromatic carbocycles. The zero-order valence-corrected chi connectivity index (χ0v) is 22.2. The molecule has 1 aromatic rings. The van der Waals surface area contributed by atoms with Crippen LogP contribution in [0.25, 0.3) is 0 Å². The number of hydrogen-bond acceptors (Lipinski definition) is 2. The summed E-state index contributed by atoms with van der Waals surface area (Å²) in [7, 11) is 0. The average Bonchev–Trinajstić information content (AvgIpc) is 2.77. The zero-order chi connectivity index (χ0) is 24.4. The first-order valence-corrected chi connectivity index (χ1v) is 13.6. The van der Waals surface area contributed by atoms with Gasteiger partial charge in [0.15, 0.2) is 11.6 Å². The lowest BCUT2D eigenvalue weighted by atomic mass is 9.81. The SMILES string of the molecule is CC1=C(CC[C@H](C)CCC[C@H](C)CCC[C@@H](C)CCCC(C)C)C(=O)c2ccccc2C1=O. The first kappa shape index (κ1) is 27.5. The maximum atomic E-state index is 12.9. The normalized spacial score (nSPS) is 16.8. The van der Waals surface area contributed by atoms with Gasteiger partial charge in [-0.2, -0.15) is 0 Å². The number of ketones is 2. The van der Waals surface area contributed by atoms with E-state index >= 15 is 0 Å². The molecular weight excluding hydrogens is 404 g/mol. The fraction of sp³-hybridized carbons (Fsp3) is 0.677. The van der Waals surface area contributed by atoms with E-state index in [0.29, 0.717) is 22.6 Å². The van der Waals surface area contributed by atoms with E-state index in [1.54, 1.807) is 12.1 Å². The quantitative estimate of drug-likeness (QED) is 0.266. The van der Waals surface area contributed by atoms with Crippen molar-refractivity contribution in [3.8, 4) is 0 Å². The van der Waals surface area contributed by atoms with E-state index in [0.717, 1.165) is 36.2 Å². The van der Waals surface area contributed by atoms with E-state index in [1.165, 1.54) is 57.8 Å². The number of benzene rings is 1. The Labute approximate surface area is 203 Å². The van der Waals surface area contributed by atoms with Crippen LogP contribution in [0.1, 0.15) is 133 Å². The zero-order valence-electron chi connectivity index (χ0n) is 22.2. The molecule has 0 unspecified atom stereocenters. The van der Waals surface area contributed by atoms with Crippen LogP contribution in [0, 0.1) is 23.7 Å². The van der Waals surface area contributed by atoms with Crippen molar-refractivity contribution in [1.29, 1.82) is 0 Å². The molecule has 2 nitrogen and oxygen atoms in total. The van der Waals surface area contributed by atoms with Crippen molar-refractivity contribution in [2.24, 2.45) is 23.7 Å². The Kier molecular flexibility index (Phi) is 11.6. The van der Waals surface area contributed by atoms with Gasteiger partial charge in [-0.15, -0.1) is 0 Å². The molecule has 33 heavy (non-hydrogen) atoms. The van der Waals surface area contributed by atoms with Crippen LogP contribution in [0.2, 0.25) is 0 Å². The van der Waals surface area contributed by atoms with E-state index in [4.69, 9.17) is 0 Å². The lowest BCUT2D eigenvalue weighted by Crippen LogP contribution is -2.21. The number of carbonyl (C=O) groups is 2. The number of rotatable bonds is 15. The van der Waals surface area contributed by atoms with Gasteiger partial charge in [0.25, 0.3) is 0 Å². The number of allylic oxidation sites excluding steroid dienone is 2. The molecule has 1 aliphatic carbocycles. The van der Waals surface area contributed by atoms with Crippen LogP contribution in [0.15, 0.2) is 35.4 Å². The second-order valence-corrected chi connectivity index (χ2v) is 11.3. The molecule has 3 atom stereocenters. The summed E-state index contributed by atoms with van der Waals surface area (Å²) in [6, 6.07) is 7.24. The van der Waals surface area contributed by atoms with E-state index in [-0.39, 0.29) is 11.6 Å². The molecule has 0 N–H and O–H groups in total. The molecule has 0 amide bonds. The van der Waals surface area contributed by atoms with Gasteiger partial charge in [0.1, 0.15) is 0 Å². The Hall–Kier alpha value is -1.70. The Morgan fingerprint density at radius 3 is 1.52 bits per heavy atom. The molecule has 184 valence electrons. The lowest BCUT2D eigenvalue weighted by molar-refractivity contribution is 0.0971. The number of Topliss-reactive ketones (excluding diaryl/α,β-unsaturated/α-hetero) is 2. The van der Waals surface area contributed by atoms with E-state index in [1.807, 2.05) is 19.1 Å². The predicted octanol–water partition coefficient (Wildman–Crippen LogP) is 9.24. The van der Waals surface area contributed by atoms with Crippen LogP contribution >= 0.6 is 0 Å². The first-order chi connectivity index (χ1) is 15.7. The summed E-state index contributed by atoms with van der Waals surface area (Å²) in [5.74, 6) is 3.17. The minimum atomic E-state index is 0.0240. The molecule has 1 aliphatic rings. The Morgan fingerprint density at radius 1 is 0.606 bits per heavy atom. The molecule has 0 saturated carbocycles. The minimum absolute atomic E-state index is 0.0240. The number of carbonyl (C=O) groups excluding carboxylic acids is 2. The highest BCUT2D eigenvalue weighted by atomic mass is 16.1. The highest BCUT2D eigenvalue weighted by molar-refractivity contribution is 6.26. The molecule has 0 fully saturated rings. The summed E-state index contributed by atoms with van der Waals surface area (Å²) in [5.41, 5.74) is 2.54. The molecule has 0 saturated heterocycles. The van der Waals surface area contributed by atoms with Crippen LogP contribution in [-0.2, 0) is 0 Å². The summed E-state index contributed by atoms with van der Waals surface area (Å²) < 4.78 is 0. The monoisotopic (exact) mass is 452 g/mol. The van der Waals surface area contributed by atoms with E-state index in [2.05, 4.69) is 34.6 Å². The highest BCUT2D eigenvalue weighted by Crippen LogP contribution is 2.30. The molecule has 0 aliphatic heterocycles. The summed E-state index contributed by atoms with van der Waals surface area (Å²) in [6.45, 7) is 13.6. The van der Waals surface area contributed by atoms with Crippen molar-refractivity contribution in [2.45, 2.75) is 112 Å². The summed E-state index contributed by atoms with van der Waals surface area (Å²) in [4.78, 5) is 25.6. The lowest BCUT2D eigenvalue weighted by Gasteiger charge is -2.20. The third-order valence-electron chi connectivity index (χ3n) is 7.64. The van der Waals surface area contributed by atoms with Crippen molar-refractivity contribution in [3.05, 3.63) is 46.5 Å². The average molecular weight is 453 g/mol. The Bertz CT molecular complexity index is 801. The van der Waals surface area contributed by atoms with Crippen molar-refractivity contribution >= 4 is 11.6 Å². The predicted molar refractivity (Wildman–Crippen MR) is 141 cm³/mol. The van der Waals surface area contributed by atoms with Gasteiger partial charge in [-0.25, -0.2) is 0 Å². The van der Waals surface area contributed by atoms with Gasteiger partial charge in [0.05, 0.1) is 0 Å². The van der Waals surface area contributed by atoms with E-state index < -0.39 is 0 Å². The largest absolute Gasteiger partial charge is 0.289 e. The van der Waals surface area contributed by atoms with Crippen molar-refractivity contribution in [1.82, 2.24) is 0 Å². The van der Waals surface area contributed by atoms with Gasteiger partial charge < -0.3 is 0 Å². The van der Waals surface area contributed by atoms with Crippen molar-refractivity contribution in [3.63, 3.8) is 0 Å². The van der Waals surface area contributed by atoms with Crippen LogP contribution in [0.4, 0.5) is 0 Å². The third-order valence-corrected chi connectivity index (χ3v) is 7.64. The molecule has 2 heteroatoms. The molecule has 0 heterocycles. The Balaban J connectivity index is 1.64. The molecule has 0 radical (unpaired) electrons. The summed E-state index contributed by atoms with van der Waals surface area (Å²) in [5, 5.41) is 0. The van der Waals surface area contributed by atoms with E-state index in [9.17, 15) is 9.59 Å². The molecule has 2 rings (SSSR count). The fourth-order valence-electron chi connectivity index (χ4n) is 5.18. The van der Waals surface area contributed by atoms with Gasteiger partial charge in [-0.3, -0.25) is 9.59 Å². The van der Waals surface area contributed by atoms with Crippen LogP contribution in [0.5, 0.6) is 0 Å². The van der Waals surface area contributed by atoms with Crippen LogP contribution in [0.3, 0.4) is 0 Å². The maximum Gasteiger partial charge on any atom is 0.190 e. The standard InChI is InChI=1S/C31H48O2/c1-22(2)12-9-13-23(3)14-10-15-24(4)16-11-17-25(5)20-21-27-26(6)30(32)28-18-7-8-19-29(28)31(27)33/h7-8,18-19,22-25H,9-17,20-21H2,1-6H3/t23-,24+,25+/m0/s1. The van der Waals surface area contributed by atoms with Gasteiger partial charge in [0, 0.05) is 22.3 Å². The second-order valence-electron chi connectivity index (χ2n) is 11.3. The highest BCUT2D eigenvalue weighted by Gasteiger charge is 2.29.